The van der Waals surface area contributed by atoms with E-state index in [1.54, 1.807) is 11.3 Å². The molecule has 3 heteroatoms. The molecule has 1 aromatic carbocycles. The Kier molecular flexibility index (Phi) is 2.86. The third-order valence-corrected chi connectivity index (χ3v) is 4.52. The van der Waals surface area contributed by atoms with E-state index in [0.29, 0.717) is 0 Å². The highest BCUT2D eigenvalue weighted by Crippen LogP contribution is 2.31. The maximum absolute atomic E-state index is 3.49. The van der Waals surface area contributed by atoms with Crippen molar-refractivity contribution >= 4 is 43.2 Å². The molecule has 0 unspecified atom stereocenters. The van der Waals surface area contributed by atoms with Crippen molar-refractivity contribution in [3.8, 4) is 10.4 Å². The van der Waals surface area contributed by atoms with Crippen LogP contribution in [0.15, 0.2) is 44.7 Å². The third-order valence-electron chi connectivity index (χ3n) is 1.73. The van der Waals surface area contributed by atoms with Crippen LogP contribution in [0, 0.1) is 0 Å². The minimum Gasteiger partial charge on any atom is -0.144 e. The van der Waals surface area contributed by atoms with Gasteiger partial charge in [0.05, 0.1) is 0 Å². The quantitative estimate of drug-likeness (QED) is 0.699. The maximum Gasteiger partial charge on any atom is 0.0343 e. The smallest absolute Gasteiger partial charge is 0.0343 e. The van der Waals surface area contributed by atoms with Gasteiger partial charge in [0.1, 0.15) is 0 Å². The molecule has 0 fully saturated rings. The lowest BCUT2D eigenvalue weighted by molar-refractivity contribution is 1.59. The lowest BCUT2D eigenvalue weighted by Gasteiger charge is -1.99. The Bertz CT molecular complexity index is 407. The second-order valence-electron chi connectivity index (χ2n) is 2.61. The van der Waals surface area contributed by atoms with Crippen LogP contribution in [0.3, 0.4) is 0 Å². The van der Waals surface area contributed by atoms with Gasteiger partial charge < -0.3 is 0 Å². The maximum atomic E-state index is 3.49. The summed E-state index contributed by atoms with van der Waals surface area (Å²) in [7, 11) is 0. The zero-order valence-corrected chi connectivity index (χ0v) is 10.6. The van der Waals surface area contributed by atoms with Crippen molar-refractivity contribution in [2.45, 2.75) is 0 Å². The Labute approximate surface area is 97.9 Å². The van der Waals surface area contributed by atoms with Crippen LogP contribution in [0.2, 0.25) is 0 Å². The van der Waals surface area contributed by atoms with Gasteiger partial charge in [-0.05, 0) is 61.0 Å². The zero-order chi connectivity index (χ0) is 9.26. The molecule has 0 aliphatic carbocycles. The molecule has 0 saturated carbocycles. The van der Waals surface area contributed by atoms with E-state index in [4.69, 9.17) is 0 Å². The van der Waals surface area contributed by atoms with Crippen LogP contribution >= 0.6 is 43.2 Å². The second-order valence-corrected chi connectivity index (χ2v) is 5.26. The topological polar surface area (TPSA) is 0 Å². The highest BCUT2D eigenvalue weighted by Gasteiger charge is 2.01. The molecule has 1 heterocycles. The molecule has 1 aromatic heterocycles. The first kappa shape index (κ1) is 9.44. The second kappa shape index (κ2) is 3.95. The van der Waals surface area contributed by atoms with Crippen LogP contribution in [0.1, 0.15) is 0 Å². The first-order valence-electron chi connectivity index (χ1n) is 3.76. The lowest BCUT2D eigenvalue weighted by Crippen LogP contribution is -1.73. The predicted molar refractivity (Wildman–Crippen MR) is 65.2 cm³/mol. The summed E-state index contributed by atoms with van der Waals surface area (Å²) in [5.74, 6) is 0. The summed E-state index contributed by atoms with van der Waals surface area (Å²) in [6, 6.07) is 10.5. The molecule has 0 bridgehead atoms. The highest BCUT2D eigenvalue weighted by atomic mass is 79.9. The molecule has 66 valence electrons. The Morgan fingerprint density at radius 2 is 1.85 bits per heavy atom. The molecule has 13 heavy (non-hydrogen) atoms. The molecular weight excluding hydrogens is 312 g/mol. The summed E-state index contributed by atoms with van der Waals surface area (Å²) in [5.41, 5.74) is 1.25. The fraction of sp³-hybridized carbons (Fsp3) is 0. The molecule has 0 amide bonds. The number of hydrogen-bond acceptors (Lipinski definition) is 1. The summed E-state index contributed by atoms with van der Waals surface area (Å²) >= 11 is 8.69. The fourth-order valence-corrected chi connectivity index (χ4v) is 2.44. The molecular formula is C10H6Br2S. The van der Waals surface area contributed by atoms with Gasteiger partial charge in [-0.25, -0.2) is 0 Å². The Morgan fingerprint density at radius 1 is 1.00 bits per heavy atom. The number of hydrogen-bond donors (Lipinski definition) is 0. The highest BCUT2D eigenvalue weighted by molar-refractivity contribution is 9.13. The van der Waals surface area contributed by atoms with E-state index in [2.05, 4.69) is 67.6 Å². The van der Waals surface area contributed by atoms with Crippen LogP contribution in [0.25, 0.3) is 10.4 Å². The van der Waals surface area contributed by atoms with Crippen molar-refractivity contribution in [2.24, 2.45) is 0 Å². The SMILES string of the molecule is Brc1ccc(-c2cccs2)cc1Br. The Morgan fingerprint density at radius 3 is 2.46 bits per heavy atom. The zero-order valence-electron chi connectivity index (χ0n) is 6.63. The van der Waals surface area contributed by atoms with Gasteiger partial charge in [-0.15, -0.1) is 11.3 Å². The first-order chi connectivity index (χ1) is 6.27. The van der Waals surface area contributed by atoms with Gasteiger partial charge in [0, 0.05) is 13.8 Å². The van der Waals surface area contributed by atoms with E-state index in [-0.39, 0.29) is 0 Å². The van der Waals surface area contributed by atoms with Crippen LogP contribution in [0.5, 0.6) is 0 Å². The van der Waals surface area contributed by atoms with Crippen molar-refractivity contribution < 1.29 is 0 Å². The number of benzene rings is 1. The van der Waals surface area contributed by atoms with E-state index in [9.17, 15) is 0 Å². The van der Waals surface area contributed by atoms with Gasteiger partial charge in [-0.3, -0.25) is 0 Å². The molecule has 0 nitrogen and oxygen atoms in total. The van der Waals surface area contributed by atoms with Crippen molar-refractivity contribution in [1.82, 2.24) is 0 Å². The number of halogens is 2. The molecule has 2 rings (SSSR count). The molecule has 0 radical (unpaired) electrons. The monoisotopic (exact) mass is 316 g/mol. The molecule has 0 spiro atoms. The van der Waals surface area contributed by atoms with Gasteiger partial charge in [0.25, 0.3) is 0 Å². The van der Waals surface area contributed by atoms with Crippen LogP contribution in [0.4, 0.5) is 0 Å². The van der Waals surface area contributed by atoms with Gasteiger partial charge in [0.15, 0.2) is 0 Å². The van der Waals surface area contributed by atoms with E-state index in [1.165, 1.54) is 10.4 Å². The molecule has 0 aliphatic heterocycles. The van der Waals surface area contributed by atoms with Gasteiger partial charge >= 0.3 is 0 Å². The number of thiophene rings is 1. The van der Waals surface area contributed by atoms with E-state index < -0.39 is 0 Å². The minimum absolute atomic E-state index is 1.09. The number of rotatable bonds is 1. The van der Waals surface area contributed by atoms with Crippen LogP contribution < -0.4 is 0 Å². The van der Waals surface area contributed by atoms with Gasteiger partial charge in [-0.2, -0.15) is 0 Å². The summed E-state index contributed by atoms with van der Waals surface area (Å²) < 4.78 is 2.19. The average molecular weight is 318 g/mol. The molecule has 0 atom stereocenters. The van der Waals surface area contributed by atoms with Crippen LogP contribution in [-0.2, 0) is 0 Å². The predicted octanol–water partition coefficient (Wildman–Crippen LogP) is 4.94. The van der Waals surface area contributed by atoms with Crippen LogP contribution in [-0.4, -0.2) is 0 Å². The average Bonchev–Trinajstić information content (AvgIpc) is 2.62. The standard InChI is InChI=1S/C10H6Br2S/c11-8-4-3-7(6-9(8)12)10-2-1-5-13-10/h1-6H. The Hall–Kier alpha value is -0.120. The minimum atomic E-state index is 1.09. The summed E-state index contributed by atoms with van der Waals surface area (Å²) in [5, 5.41) is 2.09. The third kappa shape index (κ3) is 2.03. The van der Waals surface area contributed by atoms with Crippen molar-refractivity contribution in [2.75, 3.05) is 0 Å². The summed E-state index contributed by atoms with van der Waals surface area (Å²) in [6.45, 7) is 0. The van der Waals surface area contributed by atoms with E-state index in [1.807, 2.05) is 0 Å². The molecule has 0 N–H and O–H groups in total. The fourth-order valence-electron chi connectivity index (χ4n) is 1.09. The molecule has 0 aliphatic rings. The molecule has 2 aromatic rings. The Balaban J connectivity index is 2.49. The van der Waals surface area contributed by atoms with Gasteiger partial charge in [0.2, 0.25) is 0 Å². The van der Waals surface area contributed by atoms with E-state index >= 15 is 0 Å². The van der Waals surface area contributed by atoms with Crippen molar-refractivity contribution in [3.05, 3.63) is 44.7 Å². The first-order valence-corrected chi connectivity index (χ1v) is 6.23. The normalized spacial score (nSPS) is 10.3. The summed E-state index contributed by atoms with van der Waals surface area (Å²) in [4.78, 5) is 1.30. The van der Waals surface area contributed by atoms with E-state index in [0.717, 1.165) is 8.95 Å². The lowest BCUT2D eigenvalue weighted by atomic mass is 10.2. The van der Waals surface area contributed by atoms with Gasteiger partial charge in [-0.1, -0.05) is 12.1 Å². The largest absolute Gasteiger partial charge is 0.144 e. The molecule has 0 saturated heterocycles. The summed E-state index contributed by atoms with van der Waals surface area (Å²) in [6.07, 6.45) is 0. The van der Waals surface area contributed by atoms with Crippen molar-refractivity contribution in [1.29, 1.82) is 0 Å². The van der Waals surface area contributed by atoms with Crippen molar-refractivity contribution in [3.63, 3.8) is 0 Å².